The summed E-state index contributed by atoms with van der Waals surface area (Å²) in [6.07, 6.45) is 0. The van der Waals surface area contributed by atoms with Crippen molar-refractivity contribution in [1.29, 1.82) is 0 Å². The Kier molecular flexibility index (Phi) is 7.36. The van der Waals surface area contributed by atoms with Crippen molar-refractivity contribution >= 4 is 87.4 Å². The van der Waals surface area contributed by atoms with Gasteiger partial charge in [0.05, 0.1) is 33.1 Å². The van der Waals surface area contributed by atoms with E-state index in [4.69, 9.17) is 4.42 Å². The normalized spacial score (nSPS) is 12.1. The van der Waals surface area contributed by atoms with Crippen molar-refractivity contribution in [3.63, 3.8) is 0 Å². The topological polar surface area (TPSA) is 27.9 Å². The van der Waals surface area contributed by atoms with Crippen LogP contribution in [0, 0.1) is 0 Å². The number of hydrogen-bond acceptors (Lipinski definition) is 1. The molecule has 4 heteroatoms. The lowest BCUT2D eigenvalue weighted by atomic mass is 9.99. The molecule has 0 aliphatic rings. The Bertz CT molecular complexity index is 3940. The molecule has 298 valence electrons. The predicted molar refractivity (Wildman–Crippen MR) is 268 cm³/mol. The van der Waals surface area contributed by atoms with Crippen LogP contribution in [0.25, 0.3) is 127 Å². The van der Waals surface area contributed by atoms with Gasteiger partial charge in [0.1, 0.15) is 11.2 Å². The fraction of sp³-hybridized carbons (Fsp3) is 0. The van der Waals surface area contributed by atoms with Gasteiger partial charge >= 0.3 is 0 Å². The van der Waals surface area contributed by atoms with Crippen LogP contribution in [0.15, 0.2) is 229 Å². The van der Waals surface area contributed by atoms with Gasteiger partial charge in [-0.2, -0.15) is 0 Å². The summed E-state index contributed by atoms with van der Waals surface area (Å²) in [7, 11) is 0. The molecule has 0 bridgehead atoms. The van der Waals surface area contributed by atoms with Crippen LogP contribution < -0.4 is 0 Å². The van der Waals surface area contributed by atoms with Crippen LogP contribution in [-0.4, -0.2) is 13.7 Å². The molecular weight excluding hydrogens is 779 g/mol. The van der Waals surface area contributed by atoms with Crippen molar-refractivity contribution in [2.75, 3.05) is 0 Å². The number of furan rings is 1. The smallest absolute Gasteiger partial charge is 0.136 e. The second-order valence-electron chi connectivity index (χ2n) is 16.9. The van der Waals surface area contributed by atoms with Gasteiger partial charge in [0.15, 0.2) is 0 Å². The van der Waals surface area contributed by atoms with Crippen molar-refractivity contribution < 1.29 is 4.42 Å². The minimum Gasteiger partial charge on any atom is -0.456 e. The fourth-order valence-electron chi connectivity index (χ4n) is 10.6. The predicted octanol–water partition coefficient (Wildman–Crippen LogP) is 16.2. The van der Waals surface area contributed by atoms with Gasteiger partial charge in [-0.05, 0) is 101 Å². The maximum Gasteiger partial charge on any atom is 0.136 e. The standard InChI is InChI=1S/C60H37N3O/c1-7-19-51-45(13-1)46-14-2-8-20-52(46)62(51)43-35-41(36-44(37-43)63-53-21-9-3-15-47(53)48-16-4-10-22-54(48)63)40-27-25-38(26-28-40)39-29-31-42(32-30-39)61-55-23-11-5-17-49(55)59-56(61)33-34-58-60(59)50-18-6-12-24-57(50)64-58/h1-37H. The van der Waals surface area contributed by atoms with Gasteiger partial charge in [-0.25, -0.2) is 0 Å². The van der Waals surface area contributed by atoms with E-state index in [9.17, 15) is 0 Å². The van der Waals surface area contributed by atoms with E-state index in [0.717, 1.165) is 44.7 Å². The number of nitrogens with zero attached hydrogens (tertiary/aromatic N) is 3. The number of hydrogen-bond donors (Lipinski definition) is 0. The third-order valence-electron chi connectivity index (χ3n) is 13.4. The highest BCUT2D eigenvalue weighted by Gasteiger charge is 2.20. The Labute approximate surface area is 367 Å². The van der Waals surface area contributed by atoms with Crippen LogP contribution in [0.4, 0.5) is 0 Å². The Morgan fingerprint density at radius 1 is 0.234 bits per heavy atom. The maximum absolute atomic E-state index is 6.32. The van der Waals surface area contributed by atoms with E-state index in [-0.39, 0.29) is 0 Å². The van der Waals surface area contributed by atoms with Crippen LogP contribution in [-0.2, 0) is 0 Å². The summed E-state index contributed by atoms with van der Waals surface area (Å²) < 4.78 is 13.6. The van der Waals surface area contributed by atoms with Crippen molar-refractivity contribution in [2.45, 2.75) is 0 Å². The summed E-state index contributed by atoms with van der Waals surface area (Å²) in [5.74, 6) is 0. The highest BCUT2D eigenvalue weighted by molar-refractivity contribution is 6.27. The first kappa shape index (κ1) is 35.0. The molecule has 0 unspecified atom stereocenters. The van der Waals surface area contributed by atoms with Gasteiger partial charge in [-0.3, -0.25) is 0 Å². The molecule has 10 aromatic carbocycles. The summed E-state index contributed by atoms with van der Waals surface area (Å²) in [4.78, 5) is 0. The van der Waals surface area contributed by atoms with E-state index < -0.39 is 0 Å². The van der Waals surface area contributed by atoms with Crippen LogP contribution in [0.5, 0.6) is 0 Å². The van der Waals surface area contributed by atoms with Gasteiger partial charge < -0.3 is 18.1 Å². The minimum atomic E-state index is 0.914. The molecule has 14 rings (SSSR count). The molecule has 4 nitrogen and oxygen atoms in total. The first-order valence-corrected chi connectivity index (χ1v) is 21.9. The SMILES string of the molecule is c1ccc2c(c1)oc1ccc3c(c4ccccc4n3-c3ccc(-c4ccc(-c5cc(-n6c7ccccc7c7ccccc76)cc(-n6c7ccccc7c7ccccc76)c5)cc4)cc3)c12. The van der Waals surface area contributed by atoms with Crippen molar-refractivity contribution in [1.82, 2.24) is 13.7 Å². The van der Waals surface area contributed by atoms with Crippen molar-refractivity contribution in [3.05, 3.63) is 224 Å². The Morgan fingerprint density at radius 3 is 1.14 bits per heavy atom. The van der Waals surface area contributed by atoms with Gasteiger partial charge in [-0.1, -0.05) is 146 Å². The zero-order valence-corrected chi connectivity index (χ0v) is 34.6. The van der Waals surface area contributed by atoms with Crippen LogP contribution in [0.2, 0.25) is 0 Å². The summed E-state index contributed by atoms with van der Waals surface area (Å²) in [6, 6.07) is 81.5. The second-order valence-corrected chi connectivity index (χ2v) is 16.9. The van der Waals surface area contributed by atoms with Gasteiger partial charge in [0.2, 0.25) is 0 Å². The van der Waals surface area contributed by atoms with Gasteiger partial charge in [-0.15, -0.1) is 0 Å². The molecule has 14 aromatic rings. The average molecular weight is 816 g/mol. The quantitative estimate of drug-likeness (QED) is 0.170. The monoisotopic (exact) mass is 815 g/mol. The molecule has 0 atom stereocenters. The first-order valence-electron chi connectivity index (χ1n) is 21.9. The number of benzene rings is 10. The molecule has 4 heterocycles. The molecule has 0 aliphatic carbocycles. The minimum absolute atomic E-state index is 0.914. The largest absolute Gasteiger partial charge is 0.456 e. The molecule has 64 heavy (non-hydrogen) atoms. The molecule has 0 aliphatic heterocycles. The number of aromatic nitrogens is 3. The highest BCUT2D eigenvalue weighted by atomic mass is 16.3. The number of rotatable bonds is 5. The van der Waals surface area contributed by atoms with Crippen LogP contribution in [0.1, 0.15) is 0 Å². The second kappa shape index (κ2) is 13.4. The molecular formula is C60H37N3O. The number of fused-ring (bicyclic) bond motifs is 13. The Hall–Kier alpha value is -8.60. The fourth-order valence-corrected chi connectivity index (χ4v) is 10.6. The van der Waals surface area contributed by atoms with E-state index in [1.165, 1.54) is 81.9 Å². The number of para-hydroxylation sites is 6. The molecule has 0 saturated carbocycles. The van der Waals surface area contributed by atoms with E-state index in [2.05, 4.69) is 232 Å². The molecule has 0 amide bonds. The van der Waals surface area contributed by atoms with E-state index in [1.54, 1.807) is 0 Å². The zero-order valence-electron chi connectivity index (χ0n) is 34.6. The molecule has 0 spiro atoms. The van der Waals surface area contributed by atoms with E-state index >= 15 is 0 Å². The lowest BCUT2D eigenvalue weighted by Crippen LogP contribution is -2.00. The molecule has 0 fully saturated rings. The van der Waals surface area contributed by atoms with Crippen LogP contribution in [0.3, 0.4) is 0 Å². The zero-order chi connectivity index (χ0) is 41.9. The highest BCUT2D eigenvalue weighted by Crippen LogP contribution is 2.42. The molecule has 0 saturated heterocycles. The summed E-state index contributed by atoms with van der Waals surface area (Å²) >= 11 is 0. The van der Waals surface area contributed by atoms with Gasteiger partial charge in [0.25, 0.3) is 0 Å². The van der Waals surface area contributed by atoms with Crippen molar-refractivity contribution in [3.8, 4) is 39.3 Å². The average Bonchev–Trinajstić information content (AvgIpc) is 4.10. The first-order chi connectivity index (χ1) is 31.7. The summed E-state index contributed by atoms with van der Waals surface area (Å²) in [5.41, 5.74) is 17.0. The third-order valence-corrected chi connectivity index (χ3v) is 13.4. The van der Waals surface area contributed by atoms with E-state index in [0.29, 0.717) is 0 Å². The lowest BCUT2D eigenvalue weighted by Gasteiger charge is -2.16. The van der Waals surface area contributed by atoms with Gasteiger partial charge in [0, 0.05) is 60.2 Å². The molecule has 0 radical (unpaired) electrons. The van der Waals surface area contributed by atoms with E-state index in [1.807, 2.05) is 6.07 Å². The third kappa shape index (κ3) is 5.05. The summed E-state index contributed by atoms with van der Waals surface area (Å²) in [5, 5.41) is 9.75. The Morgan fingerprint density at radius 2 is 0.625 bits per heavy atom. The maximum atomic E-state index is 6.32. The lowest BCUT2D eigenvalue weighted by molar-refractivity contribution is 0.669. The molecule has 0 N–H and O–H groups in total. The Balaban J connectivity index is 0.898. The summed E-state index contributed by atoms with van der Waals surface area (Å²) in [6.45, 7) is 0. The van der Waals surface area contributed by atoms with Crippen molar-refractivity contribution in [2.24, 2.45) is 0 Å². The van der Waals surface area contributed by atoms with Crippen LogP contribution >= 0.6 is 0 Å². The molecule has 4 aromatic heterocycles.